The minimum atomic E-state index is -0.125. The molecular weight excluding hydrogens is 264 g/mol. The monoisotopic (exact) mass is 278 g/mol. The van der Waals surface area contributed by atoms with Crippen molar-refractivity contribution in [2.24, 2.45) is 5.73 Å². The van der Waals surface area contributed by atoms with Gasteiger partial charge in [-0.3, -0.25) is 4.79 Å². The van der Waals surface area contributed by atoms with Gasteiger partial charge < -0.3 is 11.1 Å². The first kappa shape index (κ1) is 13.7. The Bertz CT molecular complexity index is 588. The molecule has 3 N–H and O–H groups in total. The van der Waals surface area contributed by atoms with Crippen LogP contribution in [0.2, 0.25) is 5.15 Å². The molecule has 100 valence electrons. The smallest absolute Gasteiger partial charge is 0.225 e. The predicted molar refractivity (Wildman–Crippen MR) is 76.1 cm³/mol. The zero-order valence-electron chi connectivity index (χ0n) is 10.4. The Morgan fingerprint density at radius 1 is 1.21 bits per heavy atom. The highest BCUT2D eigenvalue weighted by Crippen LogP contribution is 2.21. The van der Waals surface area contributed by atoms with Crippen molar-refractivity contribution in [3.8, 4) is 0 Å². The minimum absolute atomic E-state index is 0.125. The largest absolute Gasteiger partial charge is 0.330 e. The highest BCUT2D eigenvalue weighted by atomic mass is 35.5. The van der Waals surface area contributed by atoms with Gasteiger partial charge in [0.25, 0.3) is 0 Å². The third-order valence-electron chi connectivity index (χ3n) is 2.64. The Kier molecular flexibility index (Phi) is 4.65. The van der Waals surface area contributed by atoms with Crippen molar-refractivity contribution in [2.75, 3.05) is 11.9 Å². The average molecular weight is 279 g/mol. The van der Waals surface area contributed by atoms with Crippen LogP contribution in [0.25, 0.3) is 11.0 Å². The van der Waals surface area contributed by atoms with Crippen molar-refractivity contribution in [3.05, 3.63) is 29.4 Å². The number of hydrogen-bond donors (Lipinski definition) is 2. The second-order valence-electron chi connectivity index (χ2n) is 4.15. The molecule has 1 amide bonds. The first-order valence-corrected chi connectivity index (χ1v) is 6.50. The summed E-state index contributed by atoms with van der Waals surface area (Å²) in [5, 5.41) is 2.88. The standard InChI is InChI=1S/C13H15ClN4O/c14-12-13(18-11(19)7-3-4-8-15)17-10-6-2-1-5-9(10)16-12/h1-2,5-6H,3-4,7-8,15H2,(H,17,18,19). The average Bonchev–Trinajstić information content (AvgIpc) is 2.40. The van der Waals surface area contributed by atoms with E-state index in [1.165, 1.54) is 0 Å². The topological polar surface area (TPSA) is 80.9 Å². The van der Waals surface area contributed by atoms with Gasteiger partial charge in [0.1, 0.15) is 0 Å². The summed E-state index contributed by atoms with van der Waals surface area (Å²) < 4.78 is 0. The van der Waals surface area contributed by atoms with Crippen LogP contribution in [0.5, 0.6) is 0 Å². The zero-order valence-corrected chi connectivity index (χ0v) is 11.2. The SMILES string of the molecule is NCCCCC(=O)Nc1nc2ccccc2nc1Cl. The second-order valence-corrected chi connectivity index (χ2v) is 4.50. The van der Waals surface area contributed by atoms with E-state index in [9.17, 15) is 4.79 Å². The summed E-state index contributed by atoms with van der Waals surface area (Å²) in [5.74, 6) is 0.179. The van der Waals surface area contributed by atoms with Crippen LogP contribution in [0.4, 0.5) is 5.82 Å². The molecule has 0 saturated heterocycles. The van der Waals surface area contributed by atoms with E-state index < -0.39 is 0 Å². The van der Waals surface area contributed by atoms with Crippen molar-refractivity contribution in [1.29, 1.82) is 0 Å². The number of halogens is 1. The molecule has 2 aromatic rings. The van der Waals surface area contributed by atoms with Crippen LogP contribution in [-0.4, -0.2) is 22.4 Å². The van der Waals surface area contributed by atoms with Gasteiger partial charge in [-0.05, 0) is 31.5 Å². The predicted octanol–water partition coefficient (Wildman–Crippen LogP) is 2.35. The van der Waals surface area contributed by atoms with E-state index >= 15 is 0 Å². The number of benzene rings is 1. The fourth-order valence-corrected chi connectivity index (χ4v) is 1.86. The number of unbranched alkanes of at least 4 members (excludes halogenated alkanes) is 1. The molecule has 19 heavy (non-hydrogen) atoms. The summed E-state index contributed by atoms with van der Waals surface area (Å²) in [6.07, 6.45) is 1.98. The Labute approximate surface area is 116 Å². The molecule has 1 heterocycles. The lowest BCUT2D eigenvalue weighted by Gasteiger charge is -2.07. The third kappa shape index (κ3) is 3.62. The number of nitrogens with one attached hydrogen (secondary N) is 1. The van der Waals surface area contributed by atoms with Crippen LogP contribution in [0, 0.1) is 0 Å². The molecule has 0 radical (unpaired) electrons. The van der Waals surface area contributed by atoms with Gasteiger partial charge in [0.15, 0.2) is 11.0 Å². The molecule has 0 aliphatic carbocycles. The molecule has 5 nitrogen and oxygen atoms in total. The highest BCUT2D eigenvalue weighted by molar-refractivity contribution is 6.32. The number of amides is 1. The number of nitrogens with two attached hydrogens (primary N) is 1. The summed E-state index contributed by atoms with van der Waals surface area (Å²) in [4.78, 5) is 20.2. The van der Waals surface area contributed by atoms with Crippen molar-refractivity contribution in [1.82, 2.24) is 9.97 Å². The highest BCUT2D eigenvalue weighted by Gasteiger charge is 2.09. The van der Waals surface area contributed by atoms with Crippen LogP contribution >= 0.6 is 11.6 Å². The van der Waals surface area contributed by atoms with E-state index in [1.807, 2.05) is 24.3 Å². The molecule has 0 atom stereocenters. The number of carbonyl (C=O) groups excluding carboxylic acids is 1. The molecular formula is C13H15ClN4O. The molecule has 0 saturated carbocycles. The quantitative estimate of drug-likeness (QED) is 0.823. The van der Waals surface area contributed by atoms with Crippen molar-refractivity contribution >= 4 is 34.4 Å². The van der Waals surface area contributed by atoms with Gasteiger partial charge in [0, 0.05) is 6.42 Å². The van der Waals surface area contributed by atoms with Crippen LogP contribution in [0.3, 0.4) is 0 Å². The second kappa shape index (κ2) is 6.45. The molecule has 0 aliphatic heterocycles. The Hall–Kier alpha value is -1.72. The molecule has 1 aromatic heterocycles. The first-order valence-electron chi connectivity index (χ1n) is 6.13. The Morgan fingerprint density at radius 2 is 1.89 bits per heavy atom. The van der Waals surface area contributed by atoms with Crippen LogP contribution < -0.4 is 11.1 Å². The molecule has 6 heteroatoms. The van der Waals surface area contributed by atoms with Gasteiger partial charge in [-0.25, -0.2) is 9.97 Å². The lowest BCUT2D eigenvalue weighted by molar-refractivity contribution is -0.116. The lowest BCUT2D eigenvalue weighted by Crippen LogP contribution is -2.14. The number of carbonyl (C=O) groups is 1. The fourth-order valence-electron chi connectivity index (χ4n) is 1.68. The van der Waals surface area contributed by atoms with Crippen LogP contribution in [-0.2, 0) is 4.79 Å². The Morgan fingerprint density at radius 3 is 2.58 bits per heavy atom. The van der Waals surface area contributed by atoms with Gasteiger partial charge in [0.05, 0.1) is 11.0 Å². The summed E-state index contributed by atoms with van der Waals surface area (Å²) >= 11 is 6.00. The number of rotatable bonds is 5. The van der Waals surface area contributed by atoms with Crippen LogP contribution in [0.15, 0.2) is 24.3 Å². The van der Waals surface area contributed by atoms with Gasteiger partial charge in [-0.2, -0.15) is 0 Å². The number of anilines is 1. The number of aromatic nitrogens is 2. The van der Waals surface area contributed by atoms with Crippen molar-refractivity contribution in [3.63, 3.8) is 0 Å². The van der Waals surface area contributed by atoms with E-state index in [2.05, 4.69) is 15.3 Å². The molecule has 0 unspecified atom stereocenters. The van der Waals surface area contributed by atoms with Gasteiger partial charge in [-0.15, -0.1) is 0 Å². The fraction of sp³-hybridized carbons (Fsp3) is 0.308. The van der Waals surface area contributed by atoms with E-state index in [-0.39, 0.29) is 11.1 Å². The van der Waals surface area contributed by atoms with Crippen molar-refractivity contribution < 1.29 is 4.79 Å². The van der Waals surface area contributed by atoms with Gasteiger partial charge in [-0.1, -0.05) is 23.7 Å². The normalized spacial score (nSPS) is 10.6. The molecule has 0 aliphatic rings. The van der Waals surface area contributed by atoms with E-state index in [0.29, 0.717) is 29.8 Å². The number of hydrogen-bond acceptors (Lipinski definition) is 4. The summed E-state index contributed by atoms with van der Waals surface area (Å²) in [6.45, 7) is 0.587. The van der Waals surface area contributed by atoms with Gasteiger partial charge >= 0.3 is 0 Å². The summed E-state index contributed by atoms with van der Waals surface area (Å²) in [5.41, 5.74) is 6.78. The molecule has 0 bridgehead atoms. The Balaban J connectivity index is 2.11. The minimum Gasteiger partial charge on any atom is -0.330 e. The van der Waals surface area contributed by atoms with E-state index in [0.717, 1.165) is 12.8 Å². The molecule has 2 rings (SSSR count). The lowest BCUT2D eigenvalue weighted by atomic mass is 10.2. The number of fused-ring (bicyclic) bond motifs is 1. The third-order valence-corrected chi connectivity index (χ3v) is 2.91. The zero-order chi connectivity index (χ0) is 13.7. The van der Waals surface area contributed by atoms with E-state index in [1.54, 1.807) is 0 Å². The van der Waals surface area contributed by atoms with Crippen LogP contribution in [0.1, 0.15) is 19.3 Å². The summed E-state index contributed by atoms with van der Waals surface area (Å²) in [7, 11) is 0. The first-order chi connectivity index (χ1) is 9.20. The van der Waals surface area contributed by atoms with Crippen molar-refractivity contribution in [2.45, 2.75) is 19.3 Å². The number of nitrogens with zero attached hydrogens (tertiary/aromatic N) is 2. The van der Waals surface area contributed by atoms with E-state index in [4.69, 9.17) is 17.3 Å². The molecule has 1 aromatic carbocycles. The maximum atomic E-state index is 11.7. The maximum Gasteiger partial charge on any atom is 0.225 e. The summed E-state index contributed by atoms with van der Waals surface area (Å²) in [6, 6.07) is 7.36. The number of para-hydroxylation sites is 2. The van der Waals surface area contributed by atoms with Gasteiger partial charge in [0.2, 0.25) is 5.91 Å². The molecule has 0 fully saturated rings. The molecule has 0 spiro atoms. The maximum absolute atomic E-state index is 11.7.